The molecule has 2 aromatic carbocycles. The van der Waals surface area contributed by atoms with Gasteiger partial charge in [0.2, 0.25) is 0 Å². The van der Waals surface area contributed by atoms with E-state index in [1.54, 1.807) is 48.5 Å². The van der Waals surface area contributed by atoms with Crippen LogP contribution >= 0.6 is 0 Å². The van der Waals surface area contributed by atoms with Gasteiger partial charge in [0.1, 0.15) is 0 Å². The number of rotatable bonds is 4. The molecule has 0 bridgehead atoms. The van der Waals surface area contributed by atoms with E-state index in [4.69, 9.17) is 11.5 Å². The maximum absolute atomic E-state index is 11.3. The number of benzene rings is 2. The molecule has 0 atom stereocenters. The summed E-state index contributed by atoms with van der Waals surface area (Å²) in [6.07, 6.45) is 0. The van der Waals surface area contributed by atoms with Crippen LogP contribution in [0.25, 0.3) is 0 Å². The van der Waals surface area contributed by atoms with Crippen molar-refractivity contribution >= 4 is 23.2 Å². The Labute approximate surface area is 115 Å². The molecule has 0 spiro atoms. The van der Waals surface area contributed by atoms with Crippen molar-refractivity contribution < 1.29 is 9.59 Å². The Morgan fingerprint density at radius 3 is 1.40 bits per heavy atom. The molecule has 0 aromatic heterocycles. The van der Waals surface area contributed by atoms with Gasteiger partial charge in [0, 0.05) is 0 Å². The van der Waals surface area contributed by atoms with Crippen LogP contribution in [0, 0.1) is 0 Å². The molecule has 6 heteroatoms. The molecule has 0 heterocycles. The molecule has 2 amide bonds. The van der Waals surface area contributed by atoms with Crippen LogP contribution in [0.4, 0.5) is 11.4 Å². The van der Waals surface area contributed by atoms with Gasteiger partial charge in [-0.1, -0.05) is 24.3 Å². The molecule has 0 fully saturated rings. The summed E-state index contributed by atoms with van der Waals surface area (Å²) in [6, 6.07) is 13.1. The molecule has 4 N–H and O–H groups in total. The fourth-order valence-corrected chi connectivity index (χ4v) is 1.65. The van der Waals surface area contributed by atoms with Crippen LogP contribution < -0.4 is 11.5 Å². The third kappa shape index (κ3) is 2.86. The first kappa shape index (κ1) is 13.4. The summed E-state index contributed by atoms with van der Waals surface area (Å²) in [5, 5.41) is 7.91. The van der Waals surface area contributed by atoms with Crippen molar-refractivity contribution in [2.45, 2.75) is 0 Å². The molecule has 100 valence electrons. The second kappa shape index (κ2) is 5.75. The van der Waals surface area contributed by atoms with Gasteiger partial charge in [0.15, 0.2) is 0 Å². The van der Waals surface area contributed by atoms with Gasteiger partial charge in [-0.3, -0.25) is 9.59 Å². The zero-order valence-electron chi connectivity index (χ0n) is 10.5. The van der Waals surface area contributed by atoms with E-state index in [1.165, 1.54) is 0 Å². The number of azo groups is 1. The summed E-state index contributed by atoms with van der Waals surface area (Å²) in [7, 11) is 0. The number of primary amides is 2. The van der Waals surface area contributed by atoms with Crippen molar-refractivity contribution in [3.63, 3.8) is 0 Å². The largest absolute Gasteiger partial charge is 0.366 e. The third-order valence-corrected chi connectivity index (χ3v) is 2.60. The monoisotopic (exact) mass is 268 g/mol. The number of amides is 2. The zero-order valence-corrected chi connectivity index (χ0v) is 10.5. The molecule has 0 aliphatic heterocycles. The molecule has 0 radical (unpaired) electrons. The lowest BCUT2D eigenvalue weighted by atomic mass is 10.1. The fraction of sp³-hybridized carbons (Fsp3) is 0. The summed E-state index contributed by atoms with van der Waals surface area (Å²) in [4.78, 5) is 22.5. The first-order valence-corrected chi connectivity index (χ1v) is 5.79. The predicted molar refractivity (Wildman–Crippen MR) is 74.1 cm³/mol. The van der Waals surface area contributed by atoms with Gasteiger partial charge in [-0.05, 0) is 24.3 Å². The molecular formula is C14H12N4O2. The second-order valence-electron chi connectivity index (χ2n) is 3.96. The highest BCUT2D eigenvalue weighted by Crippen LogP contribution is 2.24. The Morgan fingerprint density at radius 1 is 0.700 bits per heavy atom. The SMILES string of the molecule is NC(=O)c1ccccc1N=Nc1ccccc1C(N)=O. The summed E-state index contributed by atoms with van der Waals surface area (Å²) >= 11 is 0. The van der Waals surface area contributed by atoms with Gasteiger partial charge >= 0.3 is 0 Å². The molecular weight excluding hydrogens is 256 g/mol. The van der Waals surface area contributed by atoms with Gasteiger partial charge in [0.05, 0.1) is 22.5 Å². The van der Waals surface area contributed by atoms with Crippen LogP contribution in [0.3, 0.4) is 0 Å². The highest BCUT2D eigenvalue weighted by atomic mass is 16.1. The lowest BCUT2D eigenvalue weighted by molar-refractivity contribution is 0.0992. The van der Waals surface area contributed by atoms with Crippen LogP contribution in [-0.4, -0.2) is 11.8 Å². The summed E-state index contributed by atoms with van der Waals surface area (Å²) in [5.74, 6) is -1.19. The number of carbonyl (C=O) groups is 2. The molecule has 0 saturated carbocycles. The molecule has 2 aromatic rings. The minimum atomic E-state index is -0.595. The highest BCUT2D eigenvalue weighted by molar-refractivity contribution is 5.98. The van der Waals surface area contributed by atoms with Crippen LogP contribution in [-0.2, 0) is 0 Å². The fourth-order valence-electron chi connectivity index (χ4n) is 1.65. The first-order chi connectivity index (χ1) is 9.59. The topological polar surface area (TPSA) is 111 Å². The number of hydrogen-bond donors (Lipinski definition) is 2. The second-order valence-corrected chi connectivity index (χ2v) is 3.96. The number of carbonyl (C=O) groups excluding carboxylic acids is 2. The van der Waals surface area contributed by atoms with Crippen LogP contribution in [0.5, 0.6) is 0 Å². The van der Waals surface area contributed by atoms with Gasteiger partial charge in [-0.25, -0.2) is 0 Å². The van der Waals surface area contributed by atoms with E-state index < -0.39 is 11.8 Å². The standard InChI is InChI=1S/C14H12N4O2/c15-13(19)9-5-1-3-7-11(9)17-18-12-8-4-2-6-10(12)14(16)20/h1-8H,(H2,15,19)(H2,16,20). The van der Waals surface area contributed by atoms with Crippen molar-refractivity contribution in [2.24, 2.45) is 21.7 Å². The first-order valence-electron chi connectivity index (χ1n) is 5.79. The van der Waals surface area contributed by atoms with Gasteiger partial charge < -0.3 is 11.5 Å². The molecule has 2 rings (SSSR count). The van der Waals surface area contributed by atoms with E-state index in [1.807, 2.05) is 0 Å². The summed E-state index contributed by atoms with van der Waals surface area (Å²) in [5.41, 5.74) is 11.7. The third-order valence-electron chi connectivity index (χ3n) is 2.60. The zero-order chi connectivity index (χ0) is 14.5. The quantitative estimate of drug-likeness (QED) is 0.829. The van der Waals surface area contributed by atoms with Crippen LogP contribution in [0.2, 0.25) is 0 Å². The van der Waals surface area contributed by atoms with Crippen molar-refractivity contribution in [1.82, 2.24) is 0 Å². The van der Waals surface area contributed by atoms with Crippen LogP contribution in [0.15, 0.2) is 58.8 Å². The molecule has 6 nitrogen and oxygen atoms in total. The minimum absolute atomic E-state index is 0.257. The molecule has 20 heavy (non-hydrogen) atoms. The van der Waals surface area contributed by atoms with Gasteiger partial charge in [-0.15, -0.1) is 10.2 Å². The number of nitrogens with zero attached hydrogens (tertiary/aromatic N) is 2. The maximum atomic E-state index is 11.3. The number of hydrogen-bond acceptors (Lipinski definition) is 4. The lowest BCUT2D eigenvalue weighted by Crippen LogP contribution is -2.11. The Morgan fingerprint density at radius 2 is 1.05 bits per heavy atom. The van der Waals surface area contributed by atoms with Crippen molar-refractivity contribution in [2.75, 3.05) is 0 Å². The Balaban J connectivity index is 2.40. The van der Waals surface area contributed by atoms with E-state index in [0.717, 1.165) is 0 Å². The van der Waals surface area contributed by atoms with E-state index in [9.17, 15) is 9.59 Å². The lowest BCUT2D eigenvalue weighted by Gasteiger charge is -2.01. The van der Waals surface area contributed by atoms with E-state index >= 15 is 0 Å². The summed E-state index contributed by atoms with van der Waals surface area (Å²) in [6.45, 7) is 0. The van der Waals surface area contributed by atoms with E-state index in [0.29, 0.717) is 11.4 Å². The van der Waals surface area contributed by atoms with Gasteiger partial charge in [0.25, 0.3) is 11.8 Å². The van der Waals surface area contributed by atoms with E-state index in [-0.39, 0.29) is 11.1 Å². The molecule has 0 unspecified atom stereocenters. The normalized spacial score (nSPS) is 10.6. The smallest absolute Gasteiger partial charge is 0.250 e. The Kier molecular flexibility index (Phi) is 3.85. The highest BCUT2D eigenvalue weighted by Gasteiger charge is 2.08. The van der Waals surface area contributed by atoms with E-state index in [2.05, 4.69) is 10.2 Å². The molecule has 0 aliphatic rings. The predicted octanol–water partition coefficient (Wildman–Crippen LogP) is 2.30. The van der Waals surface area contributed by atoms with Crippen molar-refractivity contribution in [3.05, 3.63) is 59.7 Å². The minimum Gasteiger partial charge on any atom is -0.366 e. The summed E-state index contributed by atoms with van der Waals surface area (Å²) < 4.78 is 0. The van der Waals surface area contributed by atoms with Gasteiger partial charge in [-0.2, -0.15) is 0 Å². The Bertz CT molecular complexity index is 636. The van der Waals surface area contributed by atoms with Crippen molar-refractivity contribution in [3.8, 4) is 0 Å². The Hall–Kier alpha value is -3.02. The average Bonchev–Trinajstić information content (AvgIpc) is 2.45. The number of nitrogens with two attached hydrogens (primary N) is 2. The average molecular weight is 268 g/mol. The van der Waals surface area contributed by atoms with Crippen molar-refractivity contribution in [1.29, 1.82) is 0 Å². The van der Waals surface area contributed by atoms with Crippen LogP contribution in [0.1, 0.15) is 20.7 Å². The maximum Gasteiger partial charge on any atom is 0.250 e. The molecule has 0 aliphatic carbocycles. The molecule has 0 saturated heterocycles.